The molecule has 8 heteroatoms. The molecule has 1 aromatic carbocycles. The zero-order chi connectivity index (χ0) is 15.8. The van der Waals surface area contributed by atoms with E-state index in [2.05, 4.69) is 4.98 Å². The lowest BCUT2D eigenvalue weighted by Crippen LogP contribution is -2.04. The van der Waals surface area contributed by atoms with Crippen LogP contribution >= 0.6 is 35.4 Å². The summed E-state index contributed by atoms with van der Waals surface area (Å²) in [6.45, 7) is 0. The Bertz CT molecular complexity index is 928. The van der Waals surface area contributed by atoms with Gasteiger partial charge in [0.15, 0.2) is 9.84 Å². The highest BCUT2D eigenvalue weighted by molar-refractivity contribution is 7.90. The highest BCUT2D eigenvalue weighted by Crippen LogP contribution is 2.36. The summed E-state index contributed by atoms with van der Waals surface area (Å²) in [5.74, 6) is 0. The maximum Gasteiger partial charge on any atom is 0.177 e. The fourth-order valence-electron chi connectivity index (χ4n) is 1.87. The van der Waals surface area contributed by atoms with E-state index >= 15 is 0 Å². The average Bonchev–Trinajstić information content (AvgIpc) is 2.37. The van der Waals surface area contributed by atoms with E-state index in [1.807, 2.05) is 6.07 Å². The van der Waals surface area contributed by atoms with E-state index < -0.39 is 9.84 Å². The number of nitrogens with zero attached hydrogens (tertiary/aromatic N) is 1. The lowest BCUT2D eigenvalue weighted by atomic mass is 10.0. The zero-order valence-electron chi connectivity index (χ0n) is 10.6. The Morgan fingerprint density at radius 2 is 2.00 bits per heavy atom. The van der Waals surface area contributed by atoms with Gasteiger partial charge in [0.1, 0.15) is 10.7 Å². The molecular formula is C13H8Cl2N2O2S2. The summed E-state index contributed by atoms with van der Waals surface area (Å²) in [5.41, 5.74) is 0.626. The number of aromatic amines is 1. The Balaban J connectivity index is 2.99. The number of hydrogen-bond donors (Lipinski definition) is 1. The van der Waals surface area contributed by atoms with Gasteiger partial charge < -0.3 is 4.98 Å². The first kappa shape index (κ1) is 16.0. The van der Waals surface area contributed by atoms with Crippen molar-refractivity contribution in [2.75, 3.05) is 6.26 Å². The monoisotopic (exact) mass is 358 g/mol. The highest BCUT2D eigenvalue weighted by atomic mass is 35.5. The van der Waals surface area contributed by atoms with E-state index in [-0.39, 0.29) is 25.7 Å². The smallest absolute Gasteiger partial charge is 0.177 e. The van der Waals surface area contributed by atoms with Crippen LogP contribution in [0.15, 0.2) is 29.3 Å². The maximum atomic E-state index is 12.0. The van der Waals surface area contributed by atoms with E-state index in [0.717, 1.165) is 6.26 Å². The highest BCUT2D eigenvalue weighted by Gasteiger charge is 2.21. The third-order valence-electron chi connectivity index (χ3n) is 2.77. The van der Waals surface area contributed by atoms with Crippen molar-refractivity contribution in [2.45, 2.75) is 4.90 Å². The predicted molar refractivity (Wildman–Crippen MR) is 84.9 cm³/mol. The van der Waals surface area contributed by atoms with Gasteiger partial charge in [-0.05, 0) is 12.1 Å². The molecule has 1 N–H and O–H groups in total. The van der Waals surface area contributed by atoms with Crippen LogP contribution in [0, 0.1) is 16.0 Å². The minimum absolute atomic E-state index is 0.0446. The maximum absolute atomic E-state index is 12.0. The molecule has 108 valence electrons. The van der Waals surface area contributed by atoms with Crippen molar-refractivity contribution >= 4 is 45.3 Å². The first-order chi connectivity index (χ1) is 9.75. The van der Waals surface area contributed by atoms with Crippen molar-refractivity contribution in [2.24, 2.45) is 0 Å². The SMILES string of the molecule is CS(=O)(=O)c1c[nH]c(=S)c(C#N)c1-c1ccc(Cl)cc1Cl. The van der Waals surface area contributed by atoms with Crippen LogP contribution in [0.25, 0.3) is 11.1 Å². The molecular weight excluding hydrogens is 351 g/mol. The molecule has 0 aliphatic carbocycles. The van der Waals surface area contributed by atoms with Crippen LogP contribution in [-0.2, 0) is 9.84 Å². The fraction of sp³-hybridized carbons (Fsp3) is 0.0769. The second-order valence-corrected chi connectivity index (χ2v) is 7.48. The molecule has 0 atom stereocenters. The number of pyridine rings is 1. The minimum atomic E-state index is -3.58. The molecule has 0 aliphatic rings. The Morgan fingerprint density at radius 3 is 2.52 bits per heavy atom. The second-order valence-electron chi connectivity index (χ2n) is 4.24. The van der Waals surface area contributed by atoms with Crippen molar-refractivity contribution < 1.29 is 8.42 Å². The molecule has 0 spiro atoms. The third kappa shape index (κ3) is 3.11. The molecule has 1 aromatic heterocycles. The lowest BCUT2D eigenvalue weighted by molar-refractivity contribution is 0.601. The van der Waals surface area contributed by atoms with Crippen molar-refractivity contribution in [3.8, 4) is 17.2 Å². The first-order valence-corrected chi connectivity index (χ1v) is 8.62. The average molecular weight is 359 g/mol. The van der Waals surface area contributed by atoms with E-state index in [1.165, 1.54) is 12.3 Å². The van der Waals surface area contributed by atoms with Gasteiger partial charge in [0, 0.05) is 33.6 Å². The van der Waals surface area contributed by atoms with E-state index in [1.54, 1.807) is 12.1 Å². The third-order valence-corrected chi connectivity index (χ3v) is 4.76. The molecule has 0 saturated carbocycles. The van der Waals surface area contributed by atoms with Gasteiger partial charge in [-0.25, -0.2) is 8.42 Å². The summed E-state index contributed by atoms with van der Waals surface area (Å²) < 4.78 is 24.0. The van der Waals surface area contributed by atoms with Gasteiger partial charge in [0.05, 0.1) is 10.5 Å². The molecule has 0 aliphatic heterocycles. The standard InChI is InChI=1S/C13H8Cl2N2O2S2/c1-21(18,19)11-6-17-13(20)9(5-16)12(11)8-3-2-7(14)4-10(8)15/h2-4,6H,1H3,(H,17,20). The molecule has 0 radical (unpaired) electrons. The van der Waals surface area contributed by atoms with E-state index in [9.17, 15) is 13.7 Å². The molecule has 21 heavy (non-hydrogen) atoms. The van der Waals surface area contributed by atoms with Crippen LogP contribution in [0.4, 0.5) is 0 Å². The Morgan fingerprint density at radius 1 is 1.33 bits per heavy atom. The van der Waals surface area contributed by atoms with Gasteiger partial charge in [0.25, 0.3) is 0 Å². The molecule has 0 saturated heterocycles. The van der Waals surface area contributed by atoms with Gasteiger partial charge in [-0.15, -0.1) is 0 Å². The van der Waals surface area contributed by atoms with Crippen LogP contribution < -0.4 is 0 Å². The Labute approximate surface area is 136 Å². The van der Waals surface area contributed by atoms with E-state index in [0.29, 0.717) is 10.6 Å². The zero-order valence-corrected chi connectivity index (χ0v) is 13.8. The lowest BCUT2D eigenvalue weighted by Gasteiger charge is -2.12. The molecule has 4 nitrogen and oxygen atoms in total. The number of aromatic nitrogens is 1. The largest absolute Gasteiger partial charge is 0.350 e. The van der Waals surface area contributed by atoms with Crippen LogP contribution in [0.3, 0.4) is 0 Å². The molecule has 2 aromatic rings. The predicted octanol–water partition coefficient (Wildman–Crippen LogP) is 3.99. The van der Waals surface area contributed by atoms with Crippen LogP contribution in [0.5, 0.6) is 0 Å². The van der Waals surface area contributed by atoms with E-state index in [4.69, 9.17) is 35.4 Å². The normalized spacial score (nSPS) is 11.1. The molecule has 0 unspecified atom stereocenters. The molecule has 0 fully saturated rings. The summed E-state index contributed by atoms with van der Waals surface area (Å²) >= 11 is 17.0. The summed E-state index contributed by atoms with van der Waals surface area (Å²) in [7, 11) is -3.58. The number of nitriles is 1. The van der Waals surface area contributed by atoms with Crippen LogP contribution in [0.2, 0.25) is 10.0 Å². The second kappa shape index (κ2) is 5.78. The van der Waals surface area contributed by atoms with Gasteiger partial charge in [-0.2, -0.15) is 5.26 Å². The number of halogens is 2. The van der Waals surface area contributed by atoms with Crippen molar-refractivity contribution in [1.82, 2.24) is 4.98 Å². The molecule has 0 amide bonds. The summed E-state index contributed by atoms with van der Waals surface area (Å²) in [6, 6.07) is 6.53. The molecule has 2 rings (SSSR count). The molecule has 0 bridgehead atoms. The number of nitrogens with one attached hydrogen (secondary N) is 1. The number of sulfone groups is 1. The van der Waals surface area contributed by atoms with Gasteiger partial charge in [-0.3, -0.25) is 0 Å². The Kier molecular flexibility index (Phi) is 4.40. The van der Waals surface area contributed by atoms with Crippen LogP contribution in [-0.4, -0.2) is 19.7 Å². The first-order valence-electron chi connectivity index (χ1n) is 5.57. The van der Waals surface area contributed by atoms with Crippen LogP contribution in [0.1, 0.15) is 5.56 Å². The summed E-state index contributed by atoms with van der Waals surface area (Å²) in [6.07, 6.45) is 2.31. The van der Waals surface area contributed by atoms with Crippen molar-refractivity contribution in [1.29, 1.82) is 5.26 Å². The Hall–Kier alpha value is -1.39. The van der Waals surface area contributed by atoms with Gasteiger partial charge in [0.2, 0.25) is 0 Å². The minimum Gasteiger partial charge on any atom is -0.350 e. The summed E-state index contributed by atoms with van der Waals surface area (Å²) in [5, 5.41) is 9.94. The van der Waals surface area contributed by atoms with Gasteiger partial charge >= 0.3 is 0 Å². The number of hydrogen-bond acceptors (Lipinski definition) is 4. The van der Waals surface area contributed by atoms with Crippen molar-refractivity contribution in [3.63, 3.8) is 0 Å². The number of H-pyrrole nitrogens is 1. The number of rotatable bonds is 2. The van der Waals surface area contributed by atoms with Gasteiger partial charge in [-0.1, -0.05) is 41.5 Å². The summed E-state index contributed by atoms with van der Waals surface area (Å²) in [4.78, 5) is 2.57. The van der Waals surface area contributed by atoms with Crippen molar-refractivity contribution in [3.05, 3.63) is 44.6 Å². The topological polar surface area (TPSA) is 73.7 Å². The number of benzene rings is 1. The quantitative estimate of drug-likeness (QED) is 0.823. The molecule has 1 heterocycles. The fourth-order valence-corrected chi connectivity index (χ4v) is 3.44.